The fraction of sp³-hybridized carbons (Fsp3) is 0.500. The highest BCUT2D eigenvalue weighted by Crippen LogP contribution is 2.28. The van der Waals surface area contributed by atoms with E-state index in [1.165, 1.54) is 12.1 Å². The number of nitrogens with one attached hydrogen (secondary N) is 1. The van der Waals surface area contributed by atoms with Gasteiger partial charge in [-0.05, 0) is 45.0 Å². The molecule has 1 N–H and O–H groups in total. The van der Waals surface area contributed by atoms with Gasteiger partial charge in [-0.15, -0.1) is 0 Å². The number of piperidine rings is 1. The maximum Gasteiger partial charge on any atom is 0.125 e. The molecule has 1 aliphatic heterocycles. The summed E-state index contributed by atoms with van der Waals surface area (Å²) < 4.78 is 15.5. The van der Waals surface area contributed by atoms with Gasteiger partial charge in [-0.1, -0.05) is 0 Å². The zero-order valence-electron chi connectivity index (χ0n) is 10.6. The highest BCUT2D eigenvalue weighted by Gasteiger charge is 2.21. The molecule has 0 spiro atoms. The Morgan fingerprint density at radius 3 is 2.89 bits per heavy atom. The summed E-state index contributed by atoms with van der Waals surface area (Å²) in [5.41, 5.74) is 1.83. The average Bonchev–Trinajstić information content (AvgIpc) is 2.77. The molecule has 0 aliphatic carbocycles. The number of aromatic nitrogens is 2. The minimum absolute atomic E-state index is 0.208. The molecule has 96 valence electrons. The van der Waals surface area contributed by atoms with E-state index in [0.29, 0.717) is 5.92 Å². The number of imidazole rings is 1. The van der Waals surface area contributed by atoms with Gasteiger partial charge in [-0.3, -0.25) is 0 Å². The van der Waals surface area contributed by atoms with Crippen molar-refractivity contribution in [1.82, 2.24) is 14.9 Å². The van der Waals surface area contributed by atoms with Gasteiger partial charge < -0.3 is 9.88 Å². The molecule has 18 heavy (non-hydrogen) atoms. The van der Waals surface area contributed by atoms with Crippen molar-refractivity contribution in [2.75, 3.05) is 13.1 Å². The van der Waals surface area contributed by atoms with Crippen LogP contribution in [0, 0.1) is 5.82 Å². The quantitative estimate of drug-likeness (QED) is 0.884. The van der Waals surface area contributed by atoms with Gasteiger partial charge in [-0.2, -0.15) is 0 Å². The molecule has 0 saturated carbocycles. The standard InChI is InChI=1S/C14H18FN3/c1-2-18-13-4-3-11(15)9-12(13)17-14(18)10-5-7-16-8-6-10/h3-4,9-10,16H,2,5-8H2,1H3. The third kappa shape index (κ3) is 1.90. The maximum absolute atomic E-state index is 13.3. The topological polar surface area (TPSA) is 29.9 Å². The Morgan fingerprint density at radius 1 is 1.39 bits per heavy atom. The molecular formula is C14H18FN3. The molecular weight excluding hydrogens is 229 g/mol. The van der Waals surface area contributed by atoms with E-state index in [2.05, 4.69) is 21.8 Å². The first-order valence-electron chi connectivity index (χ1n) is 6.66. The number of aryl methyl sites for hydroxylation is 1. The number of benzene rings is 1. The van der Waals surface area contributed by atoms with Crippen molar-refractivity contribution in [1.29, 1.82) is 0 Å². The smallest absolute Gasteiger partial charge is 0.125 e. The lowest BCUT2D eigenvalue weighted by Gasteiger charge is -2.22. The van der Waals surface area contributed by atoms with Crippen molar-refractivity contribution in [3.8, 4) is 0 Å². The molecule has 3 nitrogen and oxygen atoms in total. The highest BCUT2D eigenvalue weighted by atomic mass is 19.1. The molecule has 2 aromatic rings. The Labute approximate surface area is 106 Å². The molecule has 4 heteroatoms. The predicted molar refractivity (Wildman–Crippen MR) is 70.2 cm³/mol. The SMILES string of the molecule is CCn1c(C2CCNCC2)nc2cc(F)ccc21. The lowest BCUT2D eigenvalue weighted by atomic mass is 9.97. The van der Waals surface area contributed by atoms with Crippen LogP contribution in [0.25, 0.3) is 11.0 Å². The Hall–Kier alpha value is -1.42. The third-order valence-electron chi connectivity index (χ3n) is 3.76. The summed E-state index contributed by atoms with van der Waals surface area (Å²) in [5.74, 6) is 1.42. The number of hydrogen-bond donors (Lipinski definition) is 1. The molecule has 3 rings (SSSR count). The normalized spacial score (nSPS) is 17.4. The first kappa shape index (κ1) is 11.7. The van der Waals surface area contributed by atoms with Gasteiger partial charge in [0, 0.05) is 18.5 Å². The minimum Gasteiger partial charge on any atom is -0.328 e. The summed E-state index contributed by atoms with van der Waals surface area (Å²) in [5, 5.41) is 3.37. The lowest BCUT2D eigenvalue weighted by Crippen LogP contribution is -2.28. The van der Waals surface area contributed by atoms with E-state index < -0.39 is 0 Å². The van der Waals surface area contributed by atoms with Crippen LogP contribution >= 0.6 is 0 Å². The lowest BCUT2D eigenvalue weighted by molar-refractivity contribution is 0.434. The van der Waals surface area contributed by atoms with Crippen molar-refractivity contribution in [3.05, 3.63) is 29.8 Å². The van der Waals surface area contributed by atoms with Gasteiger partial charge >= 0.3 is 0 Å². The van der Waals surface area contributed by atoms with Crippen LogP contribution in [0.4, 0.5) is 4.39 Å². The number of fused-ring (bicyclic) bond motifs is 1. The van der Waals surface area contributed by atoms with Crippen molar-refractivity contribution in [2.45, 2.75) is 32.2 Å². The second kappa shape index (κ2) is 4.69. The largest absolute Gasteiger partial charge is 0.328 e. The Morgan fingerprint density at radius 2 is 2.17 bits per heavy atom. The van der Waals surface area contributed by atoms with Crippen molar-refractivity contribution >= 4 is 11.0 Å². The van der Waals surface area contributed by atoms with Gasteiger partial charge in [0.25, 0.3) is 0 Å². The van der Waals surface area contributed by atoms with E-state index in [4.69, 9.17) is 0 Å². The van der Waals surface area contributed by atoms with Gasteiger partial charge in [-0.25, -0.2) is 9.37 Å². The van der Waals surface area contributed by atoms with Crippen LogP contribution in [0.1, 0.15) is 31.5 Å². The molecule has 0 unspecified atom stereocenters. The molecule has 1 aromatic heterocycles. The molecule has 2 heterocycles. The summed E-state index contributed by atoms with van der Waals surface area (Å²) in [6.45, 7) is 5.11. The Kier molecular flexibility index (Phi) is 3.04. The van der Waals surface area contributed by atoms with Crippen LogP contribution in [0.5, 0.6) is 0 Å². The molecule has 0 radical (unpaired) electrons. The average molecular weight is 247 g/mol. The van der Waals surface area contributed by atoms with Gasteiger partial charge in [0.2, 0.25) is 0 Å². The van der Waals surface area contributed by atoms with E-state index in [1.54, 1.807) is 0 Å². The van der Waals surface area contributed by atoms with Gasteiger partial charge in [0.05, 0.1) is 11.0 Å². The van der Waals surface area contributed by atoms with Crippen LogP contribution in [0.3, 0.4) is 0 Å². The van der Waals surface area contributed by atoms with E-state index in [9.17, 15) is 4.39 Å². The summed E-state index contributed by atoms with van der Waals surface area (Å²) in [6, 6.07) is 4.89. The molecule has 1 saturated heterocycles. The van der Waals surface area contributed by atoms with Crippen LogP contribution in [0.15, 0.2) is 18.2 Å². The molecule has 0 atom stereocenters. The summed E-state index contributed by atoms with van der Waals surface area (Å²) in [7, 11) is 0. The Balaban J connectivity index is 2.09. The molecule has 1 fully saturated rings. The predicted octanol–water partition coefficient (Wildman–Crippen LogP) is 2.66. The fourth-order valence-electron chi connectivity index (χ4n) is 2.85. The summed E-state index contributed by atoms with van der Waals surface area (Å²) in [6.07, 6.45) is 2.23. The molecule has 0 amide bonds. The first-order valence-corrected chi connectivity index (χ1v) is 6.66. The summed E-state index contributed by atoms with van der Waals surface area (Å²) >= 11 is 0. The Bertz CT molecular complexity index is 555. The maximum atomic E-state index is 13.3. The third-order valence-corrected chi connectivity index (χ3v) is 3.76. The summed E-state index contributed by atoms with van der Waals surface area (Å²) in [4.78, 5) is 4.66. The zero-order valence-corrected chi connectivity index (χ0v) is 10.6. The number of nitrogens with zero attached hydrogens (tertiary/aromatic N) is 2. The first-order chi connectivity index (χ1) is 8.79. The molecule has 0 bridgehead atoms. The van der Waals surface area contributed by atoms with Crippen molar-refractivity contribution in [2.24, 2.45) is 0 Å². The monoisotopic (exact) mass is 247 g/mol. The second-order valence-corrected chi connectivity index (χ2v) is 4.87. The fourth-order valence-corrected chi connectivity index (χ4v) is 2.85. The van der Waals surface area contributed by atoms with E-state index in [-0.39, 0.29) is 5.82 Å². The van der Waals surface area contributed by atoms with Crippen LogP contribution in [-0.2, 0) is 6.54 Å². The number of rotatable bonds is 2. The van der Waals surface area contributed by atoms with E-state index in [1.807, 2.05) is 6.07 Å². The van der Waals surface area contributed by atoms with Crippen LogP contribution in [0.2, 0.25) is 0 Å². The van der Waals surface area contributed by atoms with Gasteiger partial charge in [0.1, 0.15) is 11.6 Å². The van der Waals surface area contributed by atoms with Crippen LogP contribution in [-0.4, -0.2) is 22.6 Å². The molecule has 1 aliphatic rings. The molecule has 1 aromatic carbocycles. The minimum atomic E-state index is -0.208. The second-order valence-electron chi connectivity index (χ2n) is 4.87. The van der Waals surface area contributed by atoms with E-state index >= 15 is 0 Å². The van der Waals surface area contributed by atoms with Crippen molar-refractivity contribution in [3.63, 3.8) is 0 Å². The highest BCUT2D eigenvalue weighted by molar-refractivity contribution is 5.76. The number of hydrogen-bond acceptors (Lipinski definition) is 2. The van der Waals surface area contributed by atoms with Crippen molar-refractivity contribution < 1.29 is 4.39 Å². The van der Waals surface area contributed by atoms with Gasteiger partial charge in [0.15, 0.2) is 0 Å². The zero-order chi connectivity index (χ0) is 12.5. The number of halogens is 1. The van der Waals surface area contributed by atoms with Crippen LogP contribution < -0.4 is 5.32 Å². The van der Waals surface area contributed by atoms with E-state index in [0.717, 1.165) is 49.3 Å².